The van der Waals surface area contributed by atoms with Crippen molar-refractivity contribution in [2.75, 3.05) is 19.8 Å². The first-order chi connectivity index (χ1) is 9.41. The standard InChI is InChI=1S/C11H12ClN3O5/c12-7-1-2-9(15(18)19)8(5-7)11(17)14-3-4-20-6-10(13)16/h1-2,5H,3-4,6H2,(H2,13,16)(H,14,17). The van der Waals surface area contributed by atoms with Gasteiger partial charge in [-0.15, -0.1) is 0 Å². The Bertz CT molecular complexity index is 535. The highest BCUT2D eigenvalue weighted by molar-refractivity contribution is 6.31. The van der Waals surface area contributed by atoms with E-state index in [1.807, 2.05) is 0 Å². The summed E-state index contributed by atoms with van der Waals surface area (Å²) < 4.78 is 4.83. The molecule has 8 nitrogen and oxygen atoms in total. The highest BCUT2D eigenvalue weighted by Crippen LogP contribution is 2.22. The van der Waals surface area contributed by atoms with Gasteiger partial charge in [0.25, 0.3) is 11.6 Å². The largest absolute Gasteiger partial charge is 0.370 e. The summed E-state index contributed by atoms with van der Waals surface area (Å²) in [6.07, 6.45) is 0. The van der Waals surface area contributed by atoms with E-state index in [1.54, 1.807) is 0 Å². The molecular weight excluding hydrogens is 290 g/mol. The number of nitro benzene ring substituents is 1. The van der Waals surface area contributed by atoms with E-state index in [-0.39, 0.29) is 36.0 Å². The van der Waals surface area contributed by atoms with E-state index >= 15 is 0 Å². The molecule has 0 saturated heterocycles. The van der Waals surface area contributed by atoms with Gasteiger partial charge in [0.05, 0.1) is 11.5 Å². The lowest BCUT2D eigenvalue weighted by molar-refractivity contribution is -0.385. The summed E-state index contributed by atoms with van der Waals surface area (Å²) in [4.78, 5) is 32.3. The number of carbonyl (C=O) groups is 2. The zero-order valence-corrected chi connectivity index (χ0v) is 11.1. The van der Waals surface area contributed by atoms with Crippen LogP contribution in [0.2, 0.25) is 5.02 Å². The van der Waals surface area contributed by atoms with Crippen LogP contribution in [0.4, 0.5) is 5.69 Å². The van der Waals surface area contributed by atoms with E-state index < -0.39 is 16.7 Å². The Labute approximate surface area is 119 Å². The SMILES string of the molecule is NC(=O)COCCNC(=O)c1cc(Cl)ccc1[N+](=O)[O-]. The van der Waals surface area contributed by atoms with Crippen molar-refractivity contribution in [2.45, 2.75) is 0 Å². The van der Waals surface area contributed by atoms with Gasteiger partial charge in [0, 0.05) is 17.6 Å². The van der Waals surface area contributed by atoms with Gasteiger partial charge in [-0.1, -0.05) is 11.6 Å². The molecule has 108 valence electrons. The molecule has 0 atom stereocenters. The molecule has 0 spiro atoms. The summed E-state index contributed by atoms with van der Waals surface area (Å²) in [6, 6.07) is 3.69. The second kappa shape index (κ2) is 7.41. The summed E-state index contributed by atoms with van der Waals surface area (Å²) >= 11 is 5.71. The number of hydrogen-bond donors (Lipinski definition) is 2. The first-order valence-corrected chi connectivity index (χ1v) is 5.88. The van der Waals surface area contributed by atoms with E-state index in [2.05, 4.69) is 5.32 Å². The van der Waals surface area contributed by atoms with Crippen molar-refractivity contribution in [3.8, 4) is 0 Å². The Hall–Kier alpha value is -2.19. The van der Waals surface area contributed by atoms with Crippen LogP contribution in [0, 0.1) is 10.1 Å². The van der Waals surface area contributed by atoms with Crippen LogP contribution in [0.15, 0.2) is 18.2 Å². The second-order valence-corrected chi connectivity index (χ2v) is 4.13. The number of benzene rings is 1. The molecule has 0 radical (unpaired) electrons. The molecule has 0 unspecified atom stereocenters. The first-order valence-electron chi connectivity index (χ1n) is 5.50. The molecule has 1 aromatic carbocycles. The van der Waals surface area contributed by atoms with Crippen molar-refractivity contribution >= 4 is 29.1 Å². The summed E-state index contributed by atoms with van der Waals surface area (Å²) in [5.41, 5.74) is 4.37. The lowest BCUT2D eigenvalue weighted by Crippen LogP contribution is -2.29. The van der Waals surface area contributed by atoms with E-state index in [0.29, 0.717) is 0 Å². The number of rotatable bonds is 7. The fourth-order valence-electron chi connectivity index (χ4n) is 1.35. The minimum Gasteiger partial charge on any atom is -0.370 e. The molecule has 1 aromatic rings. The van der Waals surface area contributed by atoms with Crippen molar-refractivity contribution in [3.05, 3.63) is 38.9 Å². The van der Waals surface area contributed by atoms with Crippen molar-refractivity contribution in [1.29, 1.82) is 0 Å². The van der Waals surface area contributed by atoms with Crippen LogP contribution >= 0.6 is 11.6 Å². The maximum absolute atomic E-state index is 11.8. The molecule has 0 bridgehead atoms. The maximum Gasteiger partial charge on any atom is 0.282 e. The van der Waals surface area contributed by atoms with Crippen LogP contribution in [0.5, 0.6) is 0 Å². The smallest absolute Gasteiger partial charge is 0.282 e. The van der Waals surface area contributed by atoms with Gasteiger partial charge in [0.15, 0.2) is 0 Å². The molecule has 2 amide bonds. The van der Waals surface area contributed by atoms with Crippen molar-refractivity contribution in [1.82, 2.24) is 5.32 Å². The minimum atomic E-state index is -0.672. The number of amides is 2. The average molecular weight is 302 g/mol. The minimum absolute atomic E-state index is 0.0586. The number of hydrogen-bond acceptors (Lipinski definition) is 5. The summed E-state index contributed by atoms with van der Waals surface area (Å²) in [6.45, 7) is -0.119. The van der Waals surface area contributed by atoms with Gasteiger partial charge in [-0.2, -0.15) is 0 Å². The Morgan fingerprint density at radius 1 is 1.45 bits per heavy atom. The molecule has 0 fully saturated rings. The van der Waals surface area contributed by atoms with Crippen LogP contribution < -0.4 is 11.1 Å². The van der Waals surface area contributed by atoms with Gasteiger partial charge in [0.1, 0.15) is 12.2 Å². The van der Waals surface area contributed by atoms with Gasteiger partial charge in [-0.25, -0.2) is 0 Å². The molecule has 0 aliphatic carbocycles. The zero-order valence-electron chi connectivity index (χ0n) is 10.3. The summed E-state index contributed by atoms with van der Waals surface area (Å²) in [5.74, 6) is -1.27. The second-order valence-electron chi connectivity index (χ2n) is 3.69. The summed E-state index contributed by atoms with van der Waals surface area (Å²) in [7, 11) is 0. The molecule has 1 rings (SSSR count). The molecule has 20 heavy (non-hydrogen) atoms. The number of carbonyl (C=O) groups excluding carboxylic acids is 2. The average Bonchev–Trinajstić information content (AvgIpc) is 2.37. The van der Waals surface area contributed by atoms with Crippen LogP contribution in [0.1, 0.15) is 10.4 Å². The number of nitro groups is 1. The number of ether oxygens (including phenoxy) is 1. The van der Waals surface area contributed by atoms with E-state index in [0.717, 1.165) is 6.07 Å². The van der Waals surface area contributed by atoms with Crippen LogP contribution in [0.3, 0.4) is 0 Å². The Morgan fingerprint density at radius 2 is 2.15 bits per heavy atom. The highest BCUT2D eigenvalue weighted by atomic mass is 35.5. The van der Waals surface area contributed by atoms with E-state index in [4.69, 9.17) is 22.1 Å². The quantitative estimate of drug-likeness (QED) is 0.430. The molecule has 0 heterocycles. The fourth-order valence-corrected chi connectivity index (χ4v) is 1.53. The third kappa shape index (κ3) is 4.82. The third-order valence-electron chi connectivity index (χ3n) is 2.18. The Balaban J connectivity index is 2.61. The van der Waals surface area contributed by atoms with Crippen molar-refractivity contribution in [3.63, 3.8) is 0 Å². The monoisotopic (exact) mass is 301 g/mol. The number of halogens is 1. The number of nitrogens with two attached hydrogens (primary N) is 1. The fraction of sp³-hybridized carbons (Fsp3) is 0.273. The maximum atomic E-state index is 11.8. The van der Waals surface area contributed by atoms with Crippen LogP contribution in [-0.4, -0.2) is 36.5 Å². The third-order valence-corrected chi connectivity index (χ3v) is 2.41. The Morgan fingerprint density at radius 3 is 2.75 bits per heavy atom. The Kier molecular flexibility index (Phi) is 5.88. The van der Waals surface area contributed by atoms with Crippen molar-refractivity contribution < 1.29 is 19.2 Å². The lowest BCUT2D eigenvalue weighted by atomic mass is 10.1. The van der Waals surface area contributed by atoms with Gasteiger partial charge in [0.2, 0.25) is 5.91 Å². The molecule has 0 aliphatic rings. The molecule has 3 N–H and O–H groups in total. The predicted octanol–water partition coefficient (Wildman–Crippen LogP) is 0.480. The molecule has 9 heteroatoms. The van der Waals surface area contributed by atoms with Crippen molar-refractivity contribution in [2.24, 2.45) is 5.73 Å². The van der Waals surface area contributed by atoms with E-state index in [1.165, 1.54) is 12.1 Å². The summed E-state index contributed by atoms with van der Waals surface area (Å²) in [5, 5.41) is 13.4. The van der Waals surface area contributed by atoms with E-state index in [9.17, 15) is 19.7 Å². The molecule has 0 aliphatic heterocycles. The molecule has 0 saturated carbocycles. The lowest BCUT2D eigenvalue weighted by Gasteiger charge is -2.06. The zero-order chi connectivity index (χ0) is 15.1. The molecular formula is C11H12ClN3O5. The highest BCUT2D eigenvalue weighted by Gasteiger charge is 2.20. The molecule has 0 aromatic heterocycles. The van der Waals surface area contributed by atoms with Gasteiger partial charge in [-0.05, 0) is 12.1 Å². The number of primary amides is 1. The number of nitrogens with one attached hydrogen (secondary N) is 1. The van der Waals surface area contributed by atoms with Gasteiger partial charge < -0.3 is 15.8 Å². The van der Waals surface area contributed by atoms with Gasteiger partial charge >= 0.3 is 0 Å². The number of nitrogens with zero attached hydrogens (tertiary/aromatic N) is 1. The predicted molar refractivity (Wildman–Crippen MR) is 70.5 cm³/mol. The first kappa shape index (κ1) is 15.9. The van der Waals surface area contributed by atoms with Gasteiger partial charge in [-0.3, -0.25) is 19.7 Å². The van der Waals surface area contributed by atoms with Crippen LogP contribution in [0.25, 0.3) is 0 Å². The topological polar surface area (TPSA) is 125 Å². The normalized spacial score (nSPS) is 10.1. The van der Waals surface area contributed by atoms with Crippen LogP contribution in [-0.2, 0) is 9.53 Å².